The quantitative estimate of drug-likeness (QED) is 0.110. The van der Waals surface area contributed by atoms with Gasteiger partial charge in [-0.05, 0) is 32.1 Å². The first-order valence-electron chi connectivity index (χ1n) is 13.4. The van der Waals surface area contributed by atoms with Crippen molar-refractivity contribution in [2.45, 2.75) is 130 Å². The van der Waals surface area contributed by atoms with Gasteiger partial charge in [-0.25, -0.2) is 4.79 Å². The molecule has 5 nitrogen and oxygen atoms in total. The average Bonchev–Trinajstić information content (AvgIpc) is 2.81. The lowest BCUT2D eigenvalue weighted by atomic mass is 9.91. The maximum absolute atomic E-state index is 13.1. The standard InChI is InChI=1S/C28H48O5/c1-4-7-10-13-16-19-22-24(28(32)33-21-18-15-12-9-6-3)23(20-17-14-11-8-5-2)26(30)27(31)25(22)29/h29-31H,4-21H2,1-3H3. The van der Waals surface area contributed by atoms with Crippen LogP contribution in [0.4, 0.5) is 0 Å². The molecule has 5 heteroatoms. The lowest BCUT2D eigenvalue weighted by Gasteiger charge is -2.19. The normalized spacial score (nSPS) is 11.1. The van der Waals surface area contributed by atoms with Crippen molar-refractivity contribution in [3.63, 3.8) is 0 Å². The van der Waals surface area contributed by atoms with Gasteiger partial charge in [-0.15, -0.1) is 0 Å². The third kappa shape index (κ3) is 10.3. The number of phenolic OH excluding ortho intramolecular Hbond substituents is 3. The van der Waals surface area contributed by atoms with Crippen LogP contribution in [0.15, 0.2) is 0 Å². The fraction of sp³-hybridized carbons (Fsp3) is 0.750. The zero-order chi connectivity index (χ0) is 24.5. The number of hydrogen-bond acceptors (Lipinski definition) is 5. The van der Waals surface area contributed by atoms with Gasteiger partial charge in [0.15, 0.2) is 11.5 Å². The first-order chi connectivity index (χ1) is 16.0. The number of rotatable bonds is 19. The Morgan fingerprint density at radius 1 is 0.576 bits per heavy atom. The average molecular weight is 465 g/mol. The summed E-state index contributed by atoms with van der Waals surface area (Å²) in [6.45, 7) is 6.81. The number of hydrogen-bond donors (Lipinski definition) is 3. The first-order valence-corrected chi connectivity index (χ1v) is 13.4. The molecule has 33 heavy (non-hydrogen) atoms. The highest BCUT2D eigenvalue weighted by Crippen LogP contribution is 2.45. The Hall–Kier alpha value is -1.91. The number of phenols is 3. The number of aromatic hydroxyl groups is 3. The Bertz CT molecular complexity index is 642. The second-order valence-corrected chi connectivity index (χ2v) is 9.26. The van der Waals surface area contributed by atoms with Gasteiger partial charge in [0.05, 0.1) is 12.2 Å². The number of carbonyl (C=O) groups excluding carboxylic acids is 1. The van der Waals surface area contributed by atoms with Crippen LogP contribution in [0.25, 0.3) is 0 Å². The summed E-state index contributed by atoms with van der Waals surface area (Å²) < 4.78 is 5.59. The van der Waals surface area contributed by atoms with E-state index in [1.54, 1.807) is 0 Å². The van der Waals surface area contributed by atoms with Gasteiger partial charge >= 0.3 is 5.97 Å². The molecule has 0 fully saturated rings. The van der Waals surface area contributed by atoms with E-state index in [1.807, 2.05) is 0 Å². The molecular weight excluding hydrogens is 416 g/mol. The van der Waals surface area contributed by atoms with Crippen LogP contribution in [-0.2, 0) is 17.6 Å². The summed E-state index contributed by atoms with van der Waals surface area (Å²) in [6, 6.07) is 0. The predicted molar refractivity (Wildman–Crippen MR) is 135 cm³/mol. The summed E-state index contributed by atoms with van der Waals surface area (Å²) >= 11 is 0. The molecule has 0 aliphatic rings. The largest absolute Gasteiger partial charge is 0.504 e. The SMILES string of the molecule is CCCCCCCOC(=O)c1c(CCCCCCC)c(O)c(O)c(O)c1CCCCCCC. The molecular formula is C28H48O5. The number of carbonyl (C=O) groups is 1. The van der Waals surface area contributed by atoms with Crippen LogP contribution in [0.1, 0.15) is 139 Å². The van der Waals surface area contributed by atoms with Crippen LogP contribution < -0.4 is 0 Å². The lowest BCUT2D eigenvalue weighted by Crippen LogP contribution is -2.14. The summed E-state index contributed by atoms with van der Waals surface area (Å²) in [5, 5.41) is 31.7. The van der Waals surface area contributed by atoms with E-state index in [-0.39, 0.29) is 17.1 Å². The van der Waals surface area contributed by atoms with Crippen LogP contribution in [0.3, 0.4) is 0 Å². The summed E-state index contributed by atoms with van der Waals surface area (Å²) in [4.78, 5) is 13.1. The molecule has 1 rings (SSSR count). The molecule has 0 aliphatic heterocycles. The molecule has 0 saturated carbocycles. The maximum atomic E-state index is 13.1. The van der Waals surface area contributed by atoms with Crippen LogP contribution in [0.2, 0.25) is 0 Å². The minimum Gasteiger partial charge on any atom is -0.504 e. The molecule has 190 valence electrons. The molecule has 0 atom stereocenters. The molecule has 1 aromatic carbocycles. The van der Waals surface area contributed by atoms with Crippen molar-refractivity contribution >= 4 is 5.97 Å². The fourth-order valence-corrected chi connectivity index (χ4v) is 4.30. The zero-order valence-corrected chi connectivity index (χ0v) is 21.4. The predicted octanol–water partition coefficient (Wildman–Crippen LogP) is 7.96. The van der Waals surface area contributed by atoms with E-state index in [4.69, 9.17) is 4.74 Å². The smallest absolute Gasteiger partial charge is 0.338 e. The zero-order valence-electron chi connectivity index (χ0n) is 21.4. The molecule has 0 saturated heterocycles. The molecule has 1 aromatic rings. The lowest BCUT2D eigenvalue weighted by molar-refractivity contribution is 0.0493. The minimum atomic E-state index is -0.516. The van der Waals surface area contributed by atoms with E-state index >= 15 is 0 Å². The van der Waals surface area contributed by atoms with Gasteiger partial charge in [0.2, 0.25) is 5.75 Å². The van der Waals surface area contributed by atoms with Gasteiger partial charge < -0.3 is 20.1 Å². The minimum absolute atomic E-state index is 0.266. The van der Waals surface area contributed by atoms with Crippen molar-refractivity contribution in [2.75, 3.05) is 6.61 Å². The highest BCUT2D eigenvalue weighted by molar-refractivity contribution is 5.95. The number of ether oxygens (including phenoxy) is 1. The Morgan fingerprint density at radius 2 is 0.970 bits per heavy atom. The third-order valence-corrected chi connectivity index (χ3v) is 6.37. The Labute approximate surface area is 201 Å². The van der Waals surface area contributed by atoms with E-state index in [0.717, 1.165) is 89.9 Å². The van der Waals surface area contributed by atoms with Gasteiger partial charge in [-0.1, -0.05) is 97.8 Å². The Kier molecular flexibility index (Phi) is 15.5. The summed E-state index contributed by atoms with van der Waals surface area (Å²) in [5.74, 6) is -1.78. The van der Waals surface area contributed by atoms with Crippen LogP contribution in [0, 0.1) is 0 Å². The van der Waals surface area contributed by atoms with E-state index in [1.165, 1.54) is 6.42 Å². The molecule has 0 aliphatic carbocycles. The molecule has 0 amide bonds. The van der Waals surface area contributed by atoms with Crippen molar-refractivity contribution in [2.24, 2.45) is 0 Å². The summed E-state index contributed by atoms with van der Waals surface area (Å²) in [6.07, 6.45) is 16.7. The van der Waals surface area contributed by atoms with Crippen molar-refractivity contribution < 1.29 is 24.9 Å². The van der Waals surface area contributed by atoms with Crippen LogP contribution >= 0.6 is 0 Å². The molecule has 3 N–H and O–H groups in total. The van der Waals surface area contributed by atoms with Gasteiger partial charge in [-0.2, -0.15) is 0 Å². The van der Waals surface area contributed by atoms with E-state index in [9.17, 15) is 20.1 Å². The molecule has 0 heterocycles. The molecule has 0 bridgehead atoms. The first kappa shape index (κ1) is 29.1. The van der Waals surface area contributed by atoms with Crippen molar-refractivity contribution in [3.05, 3.63) is 16.7 Å². The van der Waals surface area contributed by atoms with Gasteiger partial charge in [-0.3, -0.25) is 0 Å². The highest BCUT2D eigenvalue weighted by atomic mass is 16.5. The number of esters is 1. The number of unbranched alkanes of at least 4 members (excludes halogenated alkanes) is 12. The van der Waals surface area contributed by atoms with Crippen LogP contribution in [-0.4, -0.2) is 27.9 Å². The van der Waals surface area contributed by atoms with Gasteiger partial charge in [0.25, 0.3) is 0 Å². The molecule has 0 radical (unpaired) electrons. The Morgan fingerprint density at radius 3 is 1.39 bits per heavy atom. The number of benzene rings is 1. The fourth-order valence-electron chi connectivity index (χ4n) is 4.30. The highest BCUT2D eigenvalue weighted by Gasteiger charge is 2.28. The Balaban J connectivity index is 3.05. The topological polar surface area (TPSA) is 87.0 Å². The van der Waals surface area contributed by atoms with Crippen molar-refractivity contribution in [3.8, 4) is 17.2 Å². The molecule has 0 spiro atoms. The second kappa shape index (κ2) is 17.6. The van der Waals surface area contributed by atoms with Crippen molar-refractivity contribution in [1.29, 1.82) is 0 Å². The third-order valence-electron chi connectivity index (χ3n) is 6.37. The molecule has 0 aromatic heterocycles. The second-order valence-electron chi connectivity index (χ2n) is 9.26. The maximum Gasteiger partial charge on any atom is 0.338 e. The summed E-state index contributed by atoms with van der Waals surface area (Å²) in [7, 11) is 0. The monoisotopic (exact) mass is 464 g/mol. The summed E-state index contributed by atoms with van der Waals surface area (Å²) in [5.41, 5.74) is 1.10. The van der Waals surface area contributed by atoms with Crippen molar-refractivity contribution in [1.82, 2.24) is 0 Å². The van der Waals surface area contributed by atoms with Gasteiger partial charge in [0, 0.05) is 11.1 Å². The van der Waals surface area contributed by atoms with E-state index in [2.05, 4.69) is 20.8 Å². The van der Waals surface area contributed by atoms with E-state index in [0.29, 0.717) is 30.6 Å². The van der Waals surface area contributed by atoms with E-state index < -0.39 is 11.7 Å². The van der Waals surface area contributed by atoms with Gasteiger partial charge in [0.1, 0.15) is 0 Å². The molecule has 0 unspecified atom stereocenters. The van der Waals surface area contributed by atoms with Crippen LogP contribution in [0.5, 0.6) is 17.2 Å².